The van der Waals surface area contributed by atoms with E-state index in [1.54, 1.807) is 18.3 Å². The lowest BCUT2D eigenvalue weighted by Gasteiger charge is -2.56. The molecule has 4 rings (SSSR count). The number of hydrogen-bond acceptors (Lipinski definition) is 4. The Kier molecular flexibility index (Phi) is 7.13. The minimum absolute atomic E-state index is 0.000529. The highest BCUT2D eigenvalue weighted by molar-refractivity contribution is 5.92. The first-order valence-corrected chi connectivity index (χ1v) is 12.9. The average molecular weight is 456 g/mol. The molecule has 6 nitrogen and oxygen atoms in total. The van der Waals surface area contributed by atoms with E-state index in [-0.39, 0.29) is 46.9 Å². The van der Waals surface area contributed by atoms with Crippen molar-refractivity contribution in [2.24, 2.45) is 35.0 Å². The molecule has 2 heterocycles. The number of rotatable bonds is 4. The van der Waals surface area contributed by atoms with Gasteiger partial charge in [0.15, 0.2) is 0 Å². The molecule has 6 heteroatoms. The molecule has 1 aromatic rings. The number of piperidine rings is 1. The molecule has 1 aliphatic heterocycles. The zero-order valence-electron chi connectivity index (χ0n) is 20.7. The molecule has 0 spiro atoms. The Hall–Kier alpha value is -1.95. The minimum atomic E-state index is -0.532. The Bertz CT molecular complexity index is 838. The van der Waals surface area contributed by atoms with Gasteiger partial charge in [-0.3, -0.25) is 14.6 Å². The lowest BCUT2D eigenvalue weighted by Crippen LogP contribution is -2.58. The third-order valence-corrected chi connectivity index (χ3v) is 9.23. The van der Waals surface area contributed by atoms with Crippen molar-refractivity contribution >= 4 is 11.8 Å². The van der Waals surface area contributed by atoms with Crippen molar-refractivity contribution in [2.45, 2.75) is 78.4 Å². The number of fused-ring (bicyclic) bond motifs is 1. The van der Waals surface area contributed by atoms with Gasteiger partial charge >= 0.3 is 0 Å². The number of pyridine rings is 1. The van der Waals surface area contributed by atoms with Gasteiger partial charge in [-0.15, -0.1) is 0 Å². The summed E-state index contributed by atoms with van der Waals surface area (Å²) in [5.41, 5.74) is 0.473. The lowest BCUT2D eigenvalue weighted by molar-refractivity contribution is -0.151. The van der Waals surface area contributed by atoms with Gasteiger partial charge in [-0.25, -0.2) is 0 Å². The molecule has 2 saturated carbocycles. The molecule has 182 valence electrons. The molecule has 2 amide bonds. The number of amides is 2. The molecule has 3 fully saturated rings. The normalized spacial score (nSPS) is 36.0. The SMILES string of the molecule is CC1CCN(C(=O)[C@@H](C)C2CC[C@@]3(C)CC[C@H](NC(=O)c4ccccn4)[C@@H](C)[C@@H]3[C@H]2O)CC1. The molecule has 0 aromatic carbocycles. The number of aliphatic hydroxyl groups is 1. The largest absolute Gasteiger partial charge is 0.392 e. The molecule has 1 unspecified atom stereocenters. The first-order chi connectivity index (χ1) is 15.7. The number of nitrogens with one attached hydrogen (secondary N) is 1. The molecule has 2 aliphatic carbocycles. The number of aromatic nitrogens is 1. The van der Waals surface area contributed by atoms with Crippen molar-refractivity contribution in [3.8, 4) is 0 Å². The number of carbonyl (C=O) groups excluding carboxylic acids is 2. The van der Waals surface area contributed by atoms with Crippen LogP contribution in [0.3, 0.4) is 0 Å². The van der Waals surface area contributed by atoms with E-state index in [0.717, 1.165) is 51.6 Å². The van der Waals surface area contributed by atoms with Crippen LogP contribution in [0.5, 0.6) is 0 Å². The summed E-state index contributed by atoms with van der Waals surface area (Å²) in [4.78, 5) is 32.2. The van der Waals surface area contributed by atoms with Gasteiger partial charge in [0.1, 0.15) is 5.69 Å². The second-order valence-corrected chi connectivity index (χ2v) is 11.4. The van der Waals surface area contributed by atoms with E-state index >= 15 is 0 Å². The van der Waals surface area contributed by atoms with Crippen LogP contribution in [0.15, 0.2) is 24.4 Å². The van der Waals surface area contributed by atoms with E-state index in [1.165, 1.54) is 0 Å². The summed E-state index contributed by atoms with van der Waals surface area (Å²) in [7, 11) is 0. The second kappa shape index (κ2) is 9.73. The molecule has 0 radical (unpaired) electrons. The predicted molar refractivity (Wildman–Crippen MR) is 128 cm³/mol. The molecule has 7 atom stereocenters. The molecule has 0 bridgehead atoms. The van der Waals surface area contributed by atoms with Crippen LogP contribution in [-0.4, -0.2) is 52.0 Å². The first-order valence-electron chi connectivity index (χ1n) is 12.9. The molecular formula is C27H41N3O3. The zero-order valence-corrected chi connectivity index (χ0v) is 20.7. The number of hydrogen-bond donors (Lipinski definition) is 2. The van der Waals surface area contributed by atoms with Crippen LogP contribution in [0, 0.1) is 35.0 Å². The third-order valence-electron chi connectivity index (χ3n) is 9.23. The van der Waals surface area contributed by atoms with Crippen molar-refractivity contribution in [2.75, 3.05) is 13.1 Å². The van der Waals surface area contributed by atoms with Gasteiger partial charge in [0.2, 0.25) is 5.91 Å². The van der Waals surface area contributed by atoms with Gasteiger partial charge in [-0.2, -0.15) is 0 Å². The van der Waals surface area contributed by atoms with Crippen LogP contribution in [0.25, 0.3) is 0 Å². The van der Waals surface area contributed by atoms with Gasteiger partial charge in [-0.1, -0.05) is 33.8 Å². The van der Waals surface area contributed by atoms with Crippen molar-refractivity contribution in [3.05, 3.63) is 30.1 Å². The fourth-order valence-electron chi connectivity index (χ4n) is 6.94. The summed E-state index contributed by atoms with van der Waals surface area (Å²) >= 11 is 0. The minimum Gasteiger partial charge on any atom is -0.392 e. The summed E-state index contributed by atoms with van der Waals surface area (Å²) in [6, 6.07) is 5.35. The van der Waals surface area contributed by atoms with E-state index in [4.69, 9.17) is 0 Å². The Morgan fingerprint density at radius 3 is 2.52 bits per heavy atom. The second-order valence-electron chi connectivity index (χ2n) is 11.4. The molecule has 1 saturated heterocycles. The van der Waals surface area contributed by atoms with Crippen LogP contribution in [0.1, 0.15) is 76.7 Å². The van der Waals surface area contributed by atoms with Gasteiger partial charge in [0.25, 0.3) is 5.91 Å². The number of nitrogens with zero attached hydrogens (tertiary/aromatic N) is 2. The molecule has 3 aliphatic rings. The predicted octanol–water partition coefficient (Wildman–Crippen LogP) is 3.90. The van der Waals surface area contributed by atoms with Crippen LogP contribution in [0.4, 0.5) is 0 Å². The summed E-state index contributed by atoms with van der Waals surface area (Å²) < 4.78 is 0. The Balaban J connectivity index is 1.45. The molecule has 33 heavy (non-hydrogen) atoms. The monoisotopic (exact) mass is 455 g/mol. The highest BCUT2D eigenvalue weighted by Gasteiger charge is 2.54. The fourth-order valence-corrected chi connectivity index (χ4v) is 6.94. The van der Waals surface area contributed by atoms with Crippen LogP contribution < -0.4 is 5.32 Å². The van der Waals surface area contributed by atoms with Gasteiger partial charge in [0.05, 0.1) is 6.10 Å². The average Bonchev–Trinajstić information content (AvgIpc) is 2.81. The van der Waals surface area contributed by atoms with Crippen molar-refractivity contribution in [3.63, 3.8) is 0 Å². The van der Waals surface area contributed by atoms with Crippen LogP contribution >= 0.6 is 0 Å². The lowest BCUT2D eigenvalue weighted by atomic mass is 9.51. The fraction of sp³-hybridized carbons (Fsp3) is 0.741. The maximum atomic E-state index is 13.3. The Morgan fingerprint density at radius 1 is 1.15 bits per heavy atom. The summed E-state index contributed by atoms with van der Waals surface area (Å²) in [5.74, 6) is 0.740. The summed E-state index contributed by atoms with van der Waals surface area (Å²) in [6.07, 6.45) is 7.05. The summed E-state index contributed by atoms with van der Waals surface area (Å²) in [6.45, 7) is 10.4. The van der Waals surface area contributed by atoms with Gasteiger partial charge < -0.3 is 15.3 Å². The van der Waals surface area contributed by atoms with Crippen molar-refractivity contribution in [1.29, 1.82) is 0 Å². The van der Waals surface area contributed by atoms with E-state index in [2.05, 4.69) is 31.1 Å². The number of aliphatic hydroxyl groups excluding tert-OH is 1. The quantitative estimate of drug-likeness (QED) is 0.721. The zero-order chi connectivity index (χ0) is 23.8. The standard InChI is InChI=1S/C27H41N3O3/c1-17-10-15-30(16-11-17)26(33)18(2)20-8-12-27(4)13-9-21(19(3)23(27)24(20)31)29-25(32)22-7-5-6-14-28-22/h5-7,14,17-21,23-24,31H,8-13,15-16H2,1-4H3,(H,29,32)/t18-,19+,20?,21-,23+,24-,27-/m0/s1. The van der Waals surface area contributed by atoms with E-state index in [1.807, 2.05) is 17.9 Å². The Labute approximate surface area is 198 Å². The van der Waals surface area contributed by atoms with Gasteiger partial charge in [0, 0.05) is 31.2 Å². The van der Waals surface area contributed by atoms with Crippen LogP contribution in [0.2, 0.25) is 0 Å². The third kappa shape index (κ3) is 4.82. The molecule has 2 N–H and O–H groups in total. The molecular weight excluding hydrogens is 414 g/mol. The topological polar surface area (TPSA) is 82.5 Å². The van der Waals surface area contributed by atoms with Crippen molar-refractivity contribution < 1.29 is 14.7 Å². The highest BCUT2D eigenvalue weighted by Crippen LogP contribution is 2.55. The first kappa shape index (κ1) is 24.2. The smallest absolute Gasteiger partial charge is 0.270 e. The van der Waals surface area contributed by atoms with E-state index in [9.17, 15) is 14.7 Å². The number of carbonyl (C=O) groups is 2. The number of likely N-dealkylation sites (tertiary alicyclic amines) is 1. The Morgan fingerprint density at radius 2 is 1.85 bits per heavy atom. The van der Waals surface area contributed by atoms with Crippen LogP contribution in [-0.2, 0) is 4.79 Å². The maximum absolute atomic E-state index is 13.3. The van der Waals surface area contributed by atoms with Crippen molar-refractivity contribution in [1.82, 2.24) is 15.2 Å². The van der Waals surface area contributed by atoms with E-state index in [0.29, 0.717) is 11.6 Å². The van der Waals surface area contributed by atoms with E-state index < -0.39 is 6.10 Å². The van der Waals surface area contributed by atoms with Gasteiger partial charge in [-0.05, 0) is 79.7 Å². The molecule has 1 aromatic heterocycles. The highest BCUT2D eigenvalue weighted by atomic mass is 16.3. The summed E-state index contributed by atoms with van der Waals surface area (Å²) in [5, 5.41) is 14.8. The maximum Gasteiger partial charge on any atom is 0.270 e.